The number of ether oxygens (including phenoxy) is 4. The first-order valence-corrected chi connectivity index (χ1v) is 15.5. The fourth-order valence-electron chi connectivity index (χ4n) is 5.05. The summed E-state index contributed by atoms with van der Waals surface area (Å²) in [5, 5.41) is 3.98. The summed E-state index contributed by atoms with van der Waals surface area (Å²) < 4.78 is 21.6. The predicted molar refractivity (Wildman–Crippen MR) is 173 cm³/mol. The summed E-state index contributed by atoms with van der Waals surface area (Å²) in [6.45, 7) is 1.99. The zero-order valence-electron chi connectivity index (χ0n) is 25.2. The van der Waals surface area contributed by atoms with Crippen LogP contribution >= 0.6 is 23.4 Å². The molecule has 2 heterocycles. The number of fused-ring (bicyclic) bond motifs is 1. The number of amides is 1. The van der Waals surface area contributed by atoms with Crippen LogP contribution in [0.1, 0.15) is 32.6 Å². The van der Waals surface area contributed by atoms with Crippen LogP contribution in [0.25, 0.3) is 0 Å². The number of carbonyl (C=O) groups is 1. The van der Waals surface area contributed by atoms with E-state index in [4.69, 9.17) is 35.5 Å². The molecule has 0 unspecified atom stereocenters. The van der Waals surface area contributed by atoms with Gasteiger partial charge in [0.15, 0.2) is 28.2 Å². The Kier molecular flexibility index (Phi) is 10.3. The smallest absolute Gasteiger partial charge is 0.251 e. The molecule has 4 aromatic rings. The molecule has 9 nitrogen and oxygen atoms in total. The molecule has 3 aromatic carbocycles. The van der Waals surface area contributed by atoms with Crippen molar-refractivity contribution in [2.24, 2.45) is 0 Å². The zero-order chi connectivity index (χ0) is 31.1. The molecule has 44 heavy (non-hydrogen) atoms. The van der Waals surface area contributed by atoms with Crippen molar-refractivity contribution in [3.8, 4) is 23.0 Å². The van der Waals surface area contributed by atoms with Gasteiger partial charge in [-0.25, -0.2) is 9.97 Å². The molecular weight excluding hydrogens is 600 g/mol. The van der Waals surface area contributed by atoms with Crippen LogP contribution < -0.4 is 29.2 Å². The third-order valence-electron chi connectivity index (χ3n) is 7.43. The molecule has 0 bridgehead atoms. The molecule has 0 saturated carbocycles. The van der Waals surface area contributed by atoms with Gasteiger partial charge in [0.25, 0.3) is 5.91 Å². The van der Waals surface area contributed by atoms with Gasteiger partial charge in [-0.3, -0.25) is 4.79 Å². The van der Waals surface area contributed by atoms with E-state index in [1.54, 1.807) is 34.5 Å². The van der Waals surface area contributed by atoms with E-state index in [1.807, 2.05) is 48.5 Å². The van der Waals surface area contributed by atoms with Crippen LogP contribution in [0.2, 0.25) is 5.15 Å². The number of nitrogens with zero attached hydrogens (tertiary/aromatic N) is 3. The first-order chi connectivity index (χ1) is 21.4. The summed E-state index contributed by atoms with van der Waals surface area (Å²) >= 11 is 7.92. The number of carbonyl (C=O) groups excluding carboxylic acids is 1. The molecule has 230 valence electrons. The van der Waals surface area contributed by atoms with Crippen molar-refractivity contribution in [3.05, 3.63) is 93.6 Å². The van der Waals surface area contributed by atoms with Gasteiger partial charge in [-0.2, -0.15) is 0 Å². The first-order valence-electron chi connectivity index (χ1n) is 14.1. The molecule has 1 aliphatic rings. The quantitative estimate of drug-likeness (QED) is 0.115. The summed E-state index contributed by atoms with van der Waals surface area (Å²) in [5.41, 5.74) is 5.11. The van der Waals surface area contributed by atoms with Crippen LogP contribution in [-0.4, -0.2) is 57.4 Å². The van der Waals surface area contributed by atoms with E-state index in [-0.39, 0.29) is 5.91 Å². The molecule has 0 aliphatic carbocycles. The number of rotatable bonds is 12. The Bertz CT molecular complexity index is 1620. The predicted octanol–water partition coefficient (Wildman–Crippen LogP) is 5.99. The van der Waals surface area contributed by atoms with E-state index in [2.05, 4.69) is 21.3 Å². The summed E-state index contributed by atoms with van der Waals surface area (Å²) in [6, 6.07) is 19.2. The Morgan fingerprint density at radius 3 is 2.20 bits per heavy atom. The lowest BCUT2D eigenvalue weighted by Gasteiger charge is -2.30. The third kappa shape index (κ3) is 7.49. The SMILES string of the molecule is COc1ccc(CCNC(=O)c2ccc(CSc3nc(Cl)cc(N4CCc5cc(OC)c(OC)cc5C4)n3)cc2)cc1OC. The average molecular weight is 635 g/mol. The van der Waals surface area contributed by atoms with E-state index in [0.717, 1.165) is 35.7 Å². The van der Waals surface area contributed by atoms with E-state index < -0.39 is 0 Å². The van der Waals surface area contributed by atoms with Crippen LogP contribution in [0.4, 0.5) is 5.82 Å². The molecule has 1 aliphatic heterocycles. The fourth-order valence-corrected chi connectivity index (χ4v) is 6.09. The van der Waals surface area contributed by atoms with Gasteiger partial charge < -0.3 is 29.2 Å². The van der Waals surface area contributed by atoms with Crippen LogP contribution in [0, 0.1) is 0 Å². The third-order valence-corrected chi connectivity index (χ3v) is 8.55. The van der Waals surface area contributed by atoms with Crippen LogP contribution in [0.15, 0.2) is 65.8 Å². The molecule has 1 amide bonds. The lowest BCUT2D eigenvalue weighted by Crippen LogP contribution is -2.31. The Balaban J connectivity index is 1.15. The number of methoxy groups -OCH3 is 4. The van der Waals surface area contributed by atoms with Gasteiger partial charge in [0, 0.05) is 37.0 Å². The number of hydrogen-bond acceptors (Lipinski definition) is 9. The Labute approximate surface area is 266 Å². The van der Waals surface area contributed by atoms with Crippen LogP contribution in [0.3, 0.4) is 0 Å². The van der Waals surface area contributed by atoms with Gasteiger partial charge in [0.2, 0.25) is 0 Å². The van der Waals surface area contributed by atoms with Crippen molar-refractivity contribution in [1.82, 2.24) is 15.3 Å². The van der Waals surface area contributed by atoms with Gasteiger partial charge in [-0.15, -0.1) is 0 Å². The lowest BCUT2D eigenvalue weighted by molar-refractivity contribution is 0.0954. The minimum atomic E-state index is -0.119. The molecule has 5 rings (SSSR count). The second kappa shape index (κ2) is 14.5. The number of hydrogen-bond donors (Lipinski definition) is 1. The second-order valence-corrected chi connectivity index (χ2v) is 11.5. The van der Waals surface area contributed by atoms with Crippen molar-refractivity contribution in [1.29, 1.82) is 0 Å². The number of aromatic nitrogens is 2. The summed E-state index contributed by atoms with van der Waals surface area (Å²) in [6.07, 6.45) is 1.53. The van der Waals surface area contributed by atoms with Crippen LogP contribution in [0.5, 0.6) is 23.0 Å². The molecular formula is C33H35ClN4O5S. The van der Waals surface area contributed by atoms with Gasteiger partial charge in [-0.1, -0.05) is 41.6 Å². The average Bonchev–Trinajstić information content (AvgIpc) is 3.06. The van der Waals surface area contributed by atoms with Gasteiger partial charge in [0.1, 0.15) is 11.0 Å². The monoisotopic (exact) mass is 634 g/mol. The highest BCUT2D eigenvalue weighted by atomic mass is 35.5. The summed E-state index contributed by atoms with van der Waals surface area (Å²) in [7, 11) is 6.51. The van der Waals surface area contributed by atoms with E-state index in [9.17, 15) is 4.79 Å². The summed E-state index contributed by atoms with van der Waals surface area (Å²) in [5.74, 6) is 4.10. The van der Waals surface area contributed by atoms with Gasteiger partial charge in [-0.05, 0) is 71.5 Å². The van der Waals surface area contributed by atoms with E-state index in [1.165, 1.54) is 22.9 Å². The summed E-state index contributed by atoms with van der Waals surface area (Å²) in [4.78, 5) is 24.1. The first kappa shape index (κ1) is 31.3. The van der Waals surface area contributed by atoms with Crippen molar-refractivity contribution in [2.45, 2.75) is 30.3 Å². The molecule has 0 fully saturated rings. The van der Waals surface area contributed by atoms with Crippen molar-refractivity contribution in [2.75, 3.05) is 46.4 Å². The Morgan fingerprint density at radius 1 is 0.841 bits per heavy atom. The number of anilines is 1. The van der Waals surface area contributed by atoms with Crippen molar-refractivity contribution in [3.63, 3.8) is 0 Å². The number of benzene rings is 3. The molecule has 0 saturated heterocycles. The molecule has 0 radical (unpaired) electrons. The van der Waals surface area contributed by atoms with Crippen molar-refractivity contribution >= 4 is 35.1 Å². The second-order valence-electron chi connectivity index (χ2n) is 10.2. The molecule has 1 N–H and O–H groups in total. The Morgan fingerprint density at radius 2 is 1.50 bits per heavy atom. The topological polar surface area (TPSA) is 95.0 Å². The highest BCUT2D eigenvalue weighted by Crippen LogP contribution is 2.35. The maximum atomic E-state index is 12.7. The number of nitrogens with one attached hydrogen (secondary N) is 1. The lowest BCUT2D eigenvalue weighted by atomic mass is 9.99. The standard InChI is InChI=1S/C33H35ClN4O5S/c1-40-26-10-7-21(15-27(26)41-2)11-13-35-32(39)23-8-5-22(6-9-23)20-44-33-36-30(34)18-31(37-33)38-14-12-24-16-28(42-3)29(43-4)17-25(24)19-38/h5-10,15-18H,11-14,19-20H2,1-4H3,(H,35,39). The normalized spacial score (nSPS) is 12.3. The van der Waals surface area contributed by atoms with Gasteiger partial charge in [0.05, 0.1) is 28.4 Å². The molecule has 11 heteroatoms. The maximum absolute atomic E-state index is 12.7. The largest absolute Gasteiger partial charge is 0.493 e. The minimum Gasteiger partial charge on any atom is -0.493 e. The molecule has 0 atom stereocenters. The molecule has 1 aromatic heterocycles. The number of halogens is 1. The maximum Gasteiger partial charge on any atom is 0.251 e. The zero-order valence-corrected chi connectivity index (χ0v) is 26.8. The van der Waals surface area contributed by atoms with Gasteiger partial charge >= 0.3 is 0 Å². The van der Waals surface area contributed by atoms with Crippen molar-refractivity contribution < 1.29 is 23.7 Å². The van der Waals surface area contributed by atoms with Crippen LogP contribution in [-0.2, 0) is 25.1 Å². The highest BCUT2D eigenvalue weighted by Gasteiger charge is 2.21. The highest BCUT2D eigenvalue weighted by molar-refractivity contribution is 7.98. The Hall–Kier alpha value is -4.15. The number of thioether (sulfide) groups is 1. The minimum absolute atomic E-state index is 0.119. The fraction of sp³-hybridized carbons (Fsp3) is 0.303. The molecule has 0 spiro atoms. The van der Waals surface area contributed by atoms with E-state index >= 15 is 0 Å². The van der Waals surface area contributed by atoms with E-state index in [0.29, 0.717) is 58.4 Å².